The van der Waals surface area contributed by atoms with Crippen LogP contribution in [-0.4, -0.2) is 107 Å². The highest BCUT2D eigenvalue weighted by molar-refractivity contribution is 7.90. The first-order chi connectivity index (χ1) is 25.3. The number of alkyl halides is 2. The number of amides is 1. The van der Waals surface area contributed by atoms with E-state index in [1.54, 1.807) is 32.2 Å². The molecule has 2 aliphatic carbocycles. The lowest BCUT2D eigenvalue weighted by atomic mass is 9.63. The van der Waals surface area contributed by atoms with Crippen LogP contribution in [0.15, 0.2) is 48.6 Å². The molecular formula is C40H53ClF2N4O5S. The molecule has 6 atom stereocenters. The monoisotopic (exact) mass is 774 g/mol. The van der Waals surface area contributed by atoms with Gasteiger partial charge in [-0.3, -0.25) is 14.6 Å². The largest absolute Gasteiger partial charge is 0.490 e. The molecule has 290 valence electrons. The molecule has 3 heterocycles. The predicted molar refractivity (Wildman–Crippen MR) is 204 cm³/mol. The quantitative estimate of drug-likeness (QED) is 0.362. The first kappa shape index (κ1) is 38.5. The van der Waals surface area contributed by atoms with Gasteiger partial charge < -0.3 is 14.4 Å². The minimum Gasteiger partial charge on any atom is -0.490 e. The lowest BCUT2D eigenvalue weighted by Gasteiger charge is -2.52. The summed E-state index contributed by atoms with van der Waals surface area (Å²) in [5.41, 5.74) is 2.54. The molecule has 7 rings (SSSR count). The minimum atomic E-state index is -4.00. The molecular weight excluding hydrogens is 722 g/mol. The van der Waals surface area contributed by atoms with Gasteiger partial charge in [0, 0.05) is 68.9 Å². The third-order valence-corrected chi connectivity index (χ3v) is 15.1. The second kappa shape index (κ2) is 15.4. The molecule has 53 heavy (non-hydrogen) atoms. The second-order valence-electron chi connectivity index (χ2n) is 16.2. The van der Waals surface area contributed by atoms with Gasteiger partial charge in [0.15, 0.2) is 0 Å². The number of sulfonamides is 1. The number of benzene rings is 2. The Hall–Kier alpha value is -2.77. The van der Waals surface area contributed by atoms with E-state index in [4.69, 9.17) is 21.1 Å². The first-order valence-corrected chi connectivity index (χ1v) is 21.1. The molecule has 0 radical (unpaired) electrons. The Labute approximate surface area is 318 Å². The zero-order valence-corrected chi connectivity index (χ0v) is 32.6. The second-order valence-corrected chi connectivity index (χ2v) is 18.6. The molecule has 1 saturated heterocycles. The van der Waals surface area contributed by atoms with Crippen LogP contribution in [0.1, 0.15) is 67.4 Å². The van der Waals surface area contributed by atoms with Crippen LogP contribution in [0.2, 0.25) is 5.02 Å². The Bertz CT molecular complexity index is 1810. The number of rotatable bonds is 5. The molecule has 2 aromatic carbocycles. The van der Waals surface area contributed by atoms with Crippen LogP contribution in [0, 0.1) is 17.8 Å². The van der Waals surface area contributed by atoms with Gasteiger partial charge in [-0.2, -0.15) is 0 Å². The van der Waals surface area contributed by atoms with Gasteiger partial charge in [-0.1, -0.05) is 36.7 Å². The van der Waals surface area contributed by atoms with Gasteiger partial charge in [0.2, 0.25) is 10.0 Å². The molecule has 9 nitrogen and oxygen atoms in total. The fraction of sp³-hybridized carbons (Fsp3) is 0.625. The van der Waals surface area contributed by atoms with Crippen LogP contribution in [0.5, 0.6) is 5.75 Å². The number of allylic oxidation sites excluding steroid dienone is 1. The maximum atomic E-state index is 13.6. The number of ether oxygens (including phenoxy) is 2. The number of methoxy groups -OCH3 is 1. The number of anilines is 1. The van der Waals surface area contributed by atoms with E-state index in [1.807, 2.05) is 17.9 Å². The van der Waals surface area contributed by atoms with Gasteiger partial charge in [-0.15, -0.1) is 0 Å². The van der Waals surface area contributed by atoms with Gasteiger partial charge >= 0.3 is 0 Å². The molecule has 5 aliphatic rings. The van der Waals surface area contributed by atoms with E-state index in [1.165, 1.54) is 11.1 Å². The number of fused-ring (bicyclic) bond motifs is 4. The van der Waals surface area contributed by atoms with Gasteiger partial charge in [-0.25, -0.2) is 21.9 Å². The molecule has 1 saturated carbocycles. The molecule has 13 heteroatoms. The molecule has 0 aromatic heterocycles. The van der Waals surface area contributed by atoms with Crippen molar-refractivity contribution < 1.29 is 31.5 Å². The van der Waals surface area contributed by atoms with Gasteiger partial charge in [-0.05, 0) is 105 Å². The van der Waals surface area contributed by atoms with Crippen molar-refractivity contribution in [3.8, 4) is 5.75 Å². The van der Waals surface area contributed by atoms with Crippen molar-refractivity contribution in [3.63, 3.8) is 0 Å². The maximum absolute atomic E-state index is 13.6. The molecule has 1 spiro atoms. The van der Waals surface area contributed by atoms with Crippen LogP contribution < -0.4 is 14.4 Å². The van der Waals surface area contributed by atoms with E-state index >= 15 is 0 Å². The zero-order valence-electron chi connectivity index (χ0n) is 31.0. The lowest BCUT2D eigenvalue weighted by molar-refractivity contribution is -0.0963. The van der Waals surface area contributed by atoms with E-state index in [0.29, 0.717) is 64.6 Å². The van der Waals surface area contributed by atoms with Gasteiger partial charge in [0.05, 0.1) is 24.1 Å². The topological polar surface area (TPSA) is 91.4 Å². The summed E-state index contributed by atoms with van der Waals surface area (Å²) < 4.78 is 69.1. The van der Waals surface area contributed by atoms with Crippen LogP contribution in [0.4, 0.5) is 14.5 Å². The zero-order chi connectivity index (χ0) is 37.5. The van der Waals surface area contributed by atoms with Crippen molar-refractivity contribution in [1.82, 2.24) is 14.5 Å². The maximum Gasteiger partial charge on any atom is 0.264 e. The SMILES string of the molecule is CO[C@@]1(CN2CCN(CC(F)F)CC2)/C=C/C[C@H](C)[C@@H](C)S(=O)(=O)NC(=O)c2ccc3c(c2)N(C[C@@H]2CC[C@H]21)C[C@@]1(CCCc2cc(Cl)ccc21)CO3. The fourth-order valence-corrected chi connectivity index (χ4v) is 11.0. The molecule has 2 fully saturated rings. The summed E-state index contributed by atoms with van der Waals surface area (Å²) in [6.07, 6.45) is 7.17. The summed E-state index contributed by atoms with van der Waals surface area (Å²) in [4.78, 5) is 20.1. The lowest BCUT2D eigenvalue weighted by Crippen LogP contribution is -2.59. The number of hydrogen-bond acceptors (Lipinski definition) is 8. The van der Waals surface area contributed by atoms with E-state index in [0.717, 1.165) is 42.8 Å². The number of hydrogen-bond donors (Lipinski definition) is 1. The Morgan fingerprint density at radius 2 is 1.85 bits per heavy atom. The van der Waals surface area contributed by atoms with Gasteiger partial charge in [0.1, 0.15) is 11.4 Å². The van der Waals surface area contributed by atoms with Crippen molar-refractivity contribution in [1.29, 1.82) is 0 Å². The van der Waals surface area contributed by atoms with E-state index in [9.17, 15) is 22.0 Å². The Kier molecular flexibility index (Phi) is 11.2. The molecule has 2 aromatic rings. The molecule has 2 bridgehead atoms. The number of piperazine rings is 1. The van der Waals surface area contributed by atoms with Crippen molar-refractivity contribution in [2.75, 3.05) is 71.0 Å². The summed E-state index contributed by atoms with van der Waals surface area (Å²) in [6, 6.07) is 11.4. The highest BCUT2D eigenvalue weighted by atomic mass is 35.5. The fourth-order valence-electron chi connectivity index (χ4n) is 9.48. The Morgan fingerprint density at radius 3 is 2.57 bits per heavy atom. The molecule has 1 N–H and O–H groups in total. The number of carbonyl (C=O) groups excluding carboxylic acids is 1. The highest BCUT2D eigenvalue weighted by Gasteiger charge is 2.50. The third kappa shape index (κ3) is 7.86. The first-order valence-electron chi connectivity index (χ1n) is 19.1. The van der Waals surface area contributed by atoms with E-state index in [2.05, 4.69) is 38.8 Å². The highest BCUT2D eigenvalue weighted by Crippen LogP contribution is 2.49. The number of nitrogens with zero attached hydrogens (tertiary/aromatic N) is 3. The average molecular weight is 775 g/mol. The van der Waals surface area contributed by atoms with Crippen LogP contribution in [0.25, 0.3) is 0 Å². The minimum absolute atomic E-state index is 0.153. The Morgan fingerprint density at radius 1 is 1.08 bits per heavy atom. The van der Waals surface area contributed by atoms with Crippen LogP contribution in [0.3, 0.4) is 0 Å². The predicted octanol–water partition coefficient (Wildman–Crippen LogP) is 6.15. The van der Waals surface area contributed by atoms with Crippen molar-refractivity contribution in [2.45, 2.75) is 75.1 Å². The number of nitrogens with one attached hydrogen (secondary N) is 1. The van der Waals surface area contributed by atoms with Gasteiger partial charge in [0.25, 0.3) is 12.3 Å². The molecule has 1 amide bonds. The summed E-state index contributed by atoms with van der Waals surface area (Å²) in [6.45, 7) is 8.24. The standard InChI is InChI=1S/C40H53ClF2N4O5S/c1-27-6-4-15-40(51-3,25-46-18-16-45(17-19-46)23-37(42)43)34-11-8-31(34)22-47-24-39(14-5-7-29-20-32(41)10-12-33(29)39)26-52-36-13-9-30(21-35(36)47)38(48)44-53(49,50)28(27)2/h4,9-10,12-13,15,20-21,27-28,31,34,37H,5-8,11,14,16-19,22-26H2,1-3H3,(H,44,48)/b15-4+/t27-,28+,31-,34+,39-,40+/m0/s1. The van der Waals surface area contributed by atoms with Crippen LogP contribution >= 0.6 is 11.6 Å². The van der Waals surface area contributed by atoms with E-state index < -0.39 is 33.2 Å². The number of carbonyl (C=O) groups is 1. The summed E-state index contributed by atoms with van der Waals surface area (Å²) in [7, 11) is -2.24. The Balaban J connectivity index is 1.27. The number of aryl methyl sites for hydroxylation is 1. The van der Waals surface area contributed by atoms with Crippen molar-refractivity contribution in [2.24, 2.45) is 17.8 Å². The van der Waals surface area contributed by atoms with Crippen molar-refractivity contribution in [3.05, 3.63) is 70.3 Å². The summed E-state index contributed by atoms with van der Waals surface area (Å²) in [5, 5.41) is -0.115. The summed E-state index contributed by atoms with van der Waals surface area (Å²) >= 11 is 6.48. The molecule has 0 unspecified atom stereocenters. The summed E-state index contributed by atoms with van der Waals surface area (Å²) in [5.74, 6) is 0.132. The van der Waals surface area contributed by atoms with E-state index in [-0.39, 0.29) is 35.3 Å². The molecule has 3 aliphatic heterocycles. The normalized spacial score (nSPS) is 32.9. The van der Waals surface area contributed by atoms with Crippen LogP contribution in [-0.2, 0) is 26.6 Å². The smallest absolute Gasteiger partial charge is 0.264 e. The van der Waals surface area contributed by atoms with Crippen molar-refractivity contribution >= 4 is 33.2 Å². The average Bonchev–Trinajstić information content (AvgIpc) is 3.26. The number of halogens is 3. The third-order valence-electron chi connectivity index (χ3n) is 12.9.